The van der Waals surface area contributed by atoms with Crippen molar-refractivity contribution in [2.45, 2.75) is 24.9 Å². The lowest BCUT2D eigenvalue weighted by Gasteiger charge is -2.36. The summed E-state index contributed by atoms with van der Waals surface area (Å²) in [4.78, 5) is 2.54. The van der Waals surface area contributed by atoms with Crippen LogP contribution in [0.5, 0.6) is 0 Å². The van der Waals surface area contributed by atoms with Gasteiger partial charge in [0.1, 0.15) is 0 Å². The van der Waals surface area contributed by atoms with Gasteiger partial charge in [-0.2, -0.15) is 0 Å². The van der Waals surface area contributed by atoms with Crippen LogP contribution in [-0.4, -0.2) is 31.1 Å². The van der Waals surface area contributed by atoms with Crippen LogP contribution < -0.4 is 5.32 Å². The molecule has 0 spiro atoms. The summed E-state index contributed by atoms with van der Waals surface area (Å²) in [7, 11) is 2.28. The first-order valence-electron chi connectivity index (χ1n) is 6.33. The molecule has 1 aromatic rings. The average Bonchev–Trinajstić information content (AvgIpc) is 2.72. The summed E-state index contributed by atoms with van der Waals surface area (Å²) in [5, 5.41) is 3.70. The van der Waals surface area contributed by atoms with Crippen molar-refractivity contribution >= 4 is 0 Å². The molecule has 2 heterocycles. The molecule has 2 fully saturated rings. The van der Waals surface area contributed by atoms with Gasteiger partial charge in [-0.1, -0.05) is 30.3 Å². The van der Waals surface area contributed by atoms with Gasteiger partial charge in [0, 0.05) is 18.6 Å². The van der Waals surface area contributed by atoms with Crippen molar-refractivity contribution in [2.24, 2.45) is 5.92 Å². The first-order chi connectivity index (χ1) is 7.84. The lowest BCUT2D eigenvalue weighted by molar-refractivity contribution is 0.193. The predicted octanol–water partition coefficient (Wildman–Crippen LogP) is 2.04. The molecule has 0 radical (unpaired) electrons. The fraction of sp³-hybridized carbons (Fsp3) is 0.571. The molecule has 16 heavy (non-hydrogen) atoms. The van der Waals surface area contributed by atoms with Crippen molar-refractivity contribution in [3.8, 4) is 0 Å². The number of piperidine rings is 1. The van der Waals surface area contributed by atoms with E-state index in [4.69, 9.17) is 0 Å². The highest BCUT2D eigenvalue weighted by Crippen LogP contribution is 2.34. The second-order valence-corrected chi connectivity index (χ2v) is 5.20. The maximum atomic E-state index is 3.70. The molecule has 3 rings (SSSR count). The van der Waals surface area contributed by atoms with Crippen LogP contribution in [0.2, 0.25) is 0 Å². The average molecular weight is 216 g/mol. The first-order valence-corrected chi connectivity index (χ1v) is 6.33. The maximum Gasteiger partial charge on any atom is 0.0335 e. The molecule has 0 unspecified atom stereocenters. The summed E-state index contributed by atoms with van der Waals surface area (Å²) < 4.78 is 0. The Kier molecular flexibility index (Phi) is 2.70. The van der Waals surface area contributed by atoms with Crippen LogP contribution in [-0.2, 0) is 0 Å². The van der Waals surface area contributed by atoms with Crippen LogP contribution in [0.1, 0.15) is 24.4 Å². The number of hydrogen-bond acceptors (Lipinski definition) is 2. The molecule has 1 N–H and O–H groups in total. The lowest BCUT2D eigenvalue weighted by Crippen LogP contribution is -2.44. The number of fused-ring (bicyclic) bond motifs is 1. The highest BCUT2D eigenvalue weighted by molar-refractivity contribution is 5.20. The number of likely N-dealkylation sites (tertiary alicyclic amines) is 1. The normalized spacial score (nSPS) is 34.9. The predicted molar refractivity (Wildman–Crippen MR) is 66.3 cm³/mol. The summed E-state index contributed by atoms with van der Waals surface area (Å²) >= 11 is 0. The van der Waals surface area contributed by atoms with E-state index in [2.05, 4.69) is 47.6 Å². The van der Waals surface area contributed by atoms with E-state index in [-0.39, 0.29) is 0 Å². The van der Waals surface area contributed by atoms with Crippen LogP contribution in [0.3, 0.4) is 0 Å². The molecule has 0 saturated carbocycles. The zero-order valence-corrected chi connectivity index (χ0v) is 9.89. The van der Waals surface area contributed by atoms with Gasteiger partial charge < -0.3 is 10.2 Å². The Morgan fingerprint density at radius 1 is 1.25 bits per heavy atom. The Labute approximate surface area is 97.6 Å². The van der Waals surface area contributed by atoms with Gasteiger partial charge in [-0.25, -0.2) is 0 Å². The summed E-state index contributed by atoms with van der Waals surface area (Å²) in [6, 6.07) is 12.2. The molecule has 0 bridgehead atoms. The van der Waals surface area contributed by atoms with E-state index in [1.165, 1.54) is 31.5 Å². The van der Waals surface area contributed by atoms with Crippen molar-refractivity contribution in [1.82, 2.24) is 10.2 Å². The van der Waals surface area contributed by atoms with Crippen LogP contribution in [0.25, 0.3) is 0 Å². The number of rotatable bonds is 1. The van der Waals surface area contributed by atoms with E-state index < -0.39 is 0 Å². The van der Waals surface area contributed by atoms with Crippen molar-refractivity contribution in [3.63, 3.8) is 0 Å². The third-order valence-corrected chi connectivity index (χ3v) is 4.27. The molecule has 2 saturated heterocycles. The van der Waals surface area contributed by atoms with Gasteiger partial charge in [0.15, 0.2) is 0 Å². The molecule has 0 aliphatic carbocycles. The van der Waals surface area contributed by atoms with Crippen LogP contribution in [0.15, 0.2) is 30.3 Å². The lowest BCUT2D eigenvalue weighted by atomic mass is 9.87. The van der Waals surface area contributed by atoms with Gasteiger partial charge in [-0.15, -0.1) is 0 Å². The van der Waals surface area contributed by atoms with Gasteiger partial charge in [0.2, 0.25) is 0 Å². The Balaban J connectivity index is 1.75. The van der Waals surface area contributed by atoms with Crippen LogP contribution in [0.4, 0.5) is 0 Å². The summed E-state index contributed by atoms with van der Waals surface area (Å²) in [6.45, 7) is 2.47. The van der Waals surface area contributed by atoms with Crippen LogP contribution in [0, 0.1) is 5.92 Å². The van der Waals surface area contributed by atoms with Gasteiger partial charge in [-0.3, -0.25) is 0 Å². The number of benzene rings is 1. The molecule has 1 aromatic carbocycles. The molecule has 0 amide bonds. The van der Waals surface area contributed by atoms with Gasteiger partial charge in [-0.05, 0) is 37.9 Å². The Bertz CT molecular complexity index is 349. The van der Waals surface area contributed by atoms with Gasteiger partial charge in [0.25, 0.3) is 0 Å². The third kappa shape index (κ3) is 1.76. The monoisotopic (exact) mass is 216 g/mol. The number of hydrogen-bond donors (Lipinski definition) is 1. The van der Waals surface area contributed by atoms with E-state index in [1.807, 2.05) is 0 Å². The molecule has 2 aliphatic heterocycles. The fourth-order valence-electron chi connectivity index (χ4n) is 3.26. The Hall–Kier alpha value is -0.860. The molecule has 86 valence electrons. The second-order valence-electron chi connectivity index (χ2n) is 5.20. The first kappa shape index (κ1) is 10.3. The zero-order valence-electron chi connectivity index (χ0n) is 9.89. The van der Waals surface area contributed by atoms with Crippen molar-refractivity contribution in [2.75, 3.05) is 20.1 Å². The zero-order chi connectivity index (χ0) is 11.0. The van der Waals surface area contributed by atoms with E-state index in [9.17, 15) is 0 Å². The molecular formula is C14H20N2. The van der Waals surface area contributed by atoms with Crippen molar-refractivity contribution in [3.05, 3.63) is 35.9 Å². The number of nitrogens with zero attached hydrogens (tertiary/aromatic N) is 1. The van der Waals surface area contributed by atoms with E-state index >= 15 is 0 Å². The maximum absolute atomic E-state index is 3.70. The van der Waals surface area contributed by atoms with E-state index in [0.29, 0.717) is 6.04 Å². The Morgan fingerprint density at radius 3 is 2.88 bits per heavy atom. The summed E-state index contributed by atoms with van der Waals surface area (Å²) in [6.07, 6.45) is 2.64. The SMILES string of the molecule is CN1CC[C@@H]2CN[C@H](c3ccccc3)C[C@@H]21. The topological polar surface area (TPSA) is 15.3 Å². The molecule has 3 atom stereocenters. The van der Waals surface area contributed by atoms with Gasteiger partial charge >= 0.3 is 0 Å². The summed E-state index contributed by atoms with van der Waals surface area (Å²) in [5.74, 6) is 0.880. The smallest absolute Gasteiger partial charge is 0.0335 e. The van der Waals surface area contributed by atoms with Crippen molar-refractivity contribution in [1.29, 1.82) is 0 Å². The van der Waals surface area contributed by atoms with Gasteiger partial charge in [0.05, 0.1) is 0 Å². The third-order valence-electron chi connectivity index (χ3n) is 4.27. The quantitative estimate of drug-likeness (QED) is 0.773. The van der Waals surface area contributed by atoms with Crippen LogP contribution >= 0.6 is 0 Å². The largest absolute Gasteiger partial charge is 0.310 e. The fourth-order valence-corrected chi connectivity index (χ4v) is 3.26. The minimum absolute atomic E-state index is 0.558. The van der Waals surface area contributed by atoms with E-state index in [1.54, 1.807) is 0 Å². The minimum atomic E-state index is 0.558. The highest BCUT2D eigenvalue weighted by Gasteiger charge is 2.37. The molecule has 0 aromatic heterocycles. The van der Waals surface area contributed by atoms with Crippen molar-refractivity contribution < 1.29 is 0 Å². The molecule has 2 nitrogen and oxygen atoms in total. The van der Waals surface area contributed by atoms with E-state index in [0.717, 1.165) is 12.0 Å². The standard InChI is InChI=1S/C14H20N2/c1-16-8-7-12-10-15-13(9-14(12)16)11-5-3-2-4-6-11/h2-6,12-15H,7-10H2,1H3/t12-,13+,14+/m1/s1. The second kappa shape index (κ2) is 4.19. The minimum Gasteiger partial charge on any atom is -0.310 e. The molecular weight excluding hydrogens is 196 g/mol. The molecule has 2 heteroatoms. The number of nitrogens with one attached hydrogen (secondary N) is 1. The Morgan fingerprint density at radius 2 is 2.06 bits per heavy atom. The summed E-state index contributed by atoms with van der Waals surface area (Å²) in [5.41, 5.74) is 1.45. The molecule has 2 aliphatic rings. The highest BCUT2D eigenvalue weighted by atomic mass is 15.2.